The molecule has 0 atom stereocenters. The molecule has 0 saturated heterocycles. The monoisotopic (exact) mass is 464 g/mol. The van der Waals surface area contributed by atoms with Crippen molar-refractivity contribution < 1.29 is 4.79 Å². The van der Waals surface area contributed by atoms with Gasteiger partial charge in [0.2, 0.25) is 0 Å². The van der Waals surface area contributed by atoms with E-state index < -0.39 is 0 Å². The highest BCUT2D eigenvalue weighted by atomic mass is 79.9. The van der Waals surface area contributed by atoms with Crippen LogP contribution in [0.1, 0.15) is 15.9 Å². The number of nitriles is 1. The Morgan fingerprint density at radius 2 is 1.89 bits per heavy atom. The molecule has 0 bridgehead atoms. The SMILES string of the molecule is CN(C)CCN(C(=O)c1ccc(C#N)cc1)c1nc2ccc(Br)cc2s1.Cl. The molecule has 1 amide bonds. The summed E-state index contributed by atoms with van der Waals surface area (Å²) >= 11 is 4.97. The van der Waals surface area contributed by atoms with Crippen LogP contribution in [0.5, 0.6) is 0 Å². The topological polar surface area (TPSA) is 60.2 Å². The lowest BCUT2D eigenvalue weighted by Gasteiger charge is -2.22. The van der Waals surface area contributed by atoms with Gasteiger partial charge in [-0.2, -0.15) is 5.26 Å². The molecular weight excluding hydrogens is 448 g/mol. The van der Waals surface area contributed by atoms with Crippen LogP contribution in [0, 0.1) is 11.3 Å². The number of hydrogen-bond acceptors (Lipinski definition) is 5. The third-order valence-corrected chi connectivity index (χ3v) is 5.38. The lowest BCUT2D eigenvalue weighted by atomic mass is 10.1. The summed E-state index contributed by atoms with van der Waals surface area (Å²) in [6.07, 6.45) is 0. The van der Waals surface area contributed by atoms with Gasteiger partial charge in [0, 0.05) is 23.1 Å². The molecule has 0 aliphatic rings. The predicted molar refractivity (Wildman–Crippen MR) is 116 cm³/mol. The van der Waals surface area contributed by atoms with Gasteiger partial charge in [-0.1, -0.05) is 27.3 Å². The Bertz CT molecular complexity index is 982. The summed E-state index contributed by atoms with van der Waals surface area (Å²) in [4.78, 5) is 21.5. The number of carbonyl (C=O) groups excluding carboxylic acids is 1. The van der Waals surface area contributed by atoms with E-state index in [1.165, 1.54) is 11.3 Å². The van der Waals surface area contributed by atoms with E-state index >= 15 is 0 Å². The number of likely N-dealkylation sites (N-methyl/N-ethyl adjacent to an activating group) is 1. The van der Waals surface area contributed by atoms with E-state index in [1.54, 1.807) is 29.2 Å². The third kappa shape index (κ3) is 5.05. The van der Waals surface area contributed by atoms with Crippen molar-refractivity contribution in [2.45, 2.75) is 0 Å². The number of aromatic nitrogens is 1. The number of thiazole rings is 1. The standard InChI is InChI=1S/C19H17BrN4OS.ClH/c1-23(2)9-10-24(18(25)14-5-3-13(12-21)4-6-14)19-22-16-8-7-15(20)11-17(16)26-19;/h3-8,11H,9-10H2,1-2H3;1H. The third-order valence-electron chi connectivity index (χ3n) is 3.85. The molecule has 0 unspecified atom stereocenters. The first kappa shape index (κ1) is 21.3. The average molecular weight is 466 g/mol. The fourth-order valence-corrected chi connectivity index (χ4v) is 3.97. The van der Waals surface area contributed by atoms with Crippen LogP contribution in [0.4, 0.5) is 5.13 Å². The molecule has 0 spiro atoms. The Balaban J connectivity index is 0.00000261. The van der Waals surface area contributed by atoms with Crippen LogP contribution >= 0.6 is 39.7 Å². The number of anilines is 1. The van der Waals surface area contributed by atoms with Crippen LogP contribution in [0.2, 0.25) is 0 Å². The second-order valence-corrected chi connectivity index (χ2v) is 7.98. The van der Waals surface area contributed by atoms with Crippen molar-refractivity contribution in [3.05, 3.63) is 58.1 Å². The summed E-state index contributed by atoms with van der Waals surface area (Å²) in [6.45, 7) is 1.26. The second-order valence-electron chi connectivity index (χ2n) is 6.06. The van der Waals surface area contributed by atoms with Crippen molar-refractivity contribution in [2.75, 3.05) is 32.1 Å². The minimum atomic E-state index is -0.116. The number of hydrogen-bond donors (Lipinski definition) is 0. The number of carbonyl (C=O) groups is 1. The van der Waals surface area contributed by atoms with E-state index in [-0.39, 0.29) is 18.3 Å². The maximum atomic E-state index is 13.1. The number of halogens is 2. The van der Waals surface area contributed by atoms with E-state index in [0.717, 1.165) is 21.2 Å². The minimum Gasteiger partial charge on any atom is -0.308 e. The molecule has 1 heterocycles. The zero-order valence-electron chi connectivity index (χ0n) is 14.8. The highest BCUT2D eigenvalue weighted by Crippen LogP contribution is 2.31. The molecule has 3 aromatic rings. The molecule has 2 aromatic carbocycles. The highest BCUT2D eigenvalue weighted by molar-refractivity contribution is 9.10. The average Bonchev–Trinajstić information content (AvgIpc) is 3.04. The number of amides is 1. The van der Waals surface area contributed by atoms with E-state index in [1.807, 2.05) is 37.2 Å². The lowest BCUT2D eigenvalue weighted by Crippen LogP contribution is -2.36. The second kappa shape index (κ2) is 9.29. The molecule has 3 rings (SSSR count). The first-order chi connectivity index (χ1) is 12.5. The number of fused-ring (bicyclic) bond motifs is 1. The van der Waals surface area contributed by atoms with Crippen LogP contribution in [-0.4, -0.2) is 43.0 Å². The zero-order valence-corrected chi connectivity index (χ0v) is 18.1. The van der Waals surface area contributed by atoms with Crippen LogP contribution in [0.25, 0.3) is 10.2 Å². The molecule has 27 heavy (non-hydrogen) atoms. The summed E-state index contributed by atoms with van der Waals surface area (Å²) in [6, 6.07) is 14.7. The first-order valence-corrected chi connectivity index (χ1v) is 9.62. The van der Waals surface area contributed by atoms with Crippen molar-refractivity contribution in [3.8, 4) is 6.07 Å². The van der Waals surface area contributed by atoms with Gasteiger partial charge in [0.05, 0.1) is 21.8 Å². The molecule has 0 fully saturated rings. The van der Waals surface area contributed by atoms with Crippen LogP contribution in [-0.2, 0) is 0 Å². The summed E-state index contributed by atoms with van der Waals surface area (Å²) < 4.78 is 2.01. The largest absolute Gasteiger partial charge is 0.308 e. The molecular formula is C19H18BrClN4OS. The lowest BCUT2D eigenvalue weighted by molar-refractivity contribution is 0.0985. The van der Waals surface area contributed by atoms with Crippen molar-refractivity contribution in [1.82, 2.24) is 9.88 Å². The van der Waals surface area contributed by atoms with Crippen molar-refractivity contribution in [2.24, 2.45) is 0 Å². The number of rotatable bonds is 5. The van der Waals surface area contributed by atoms with E-state index in [4.69, 9.17) is 5.26 Å². The quantitative estimate of drug-likeness (QED) is 0.554. The Hall–Kier alpha value is -1.98. The number of nitrogens with zero attached hydrogens (tertiary/aromatic N) is 4. The minimum absolute atomic E-state index is 0. The van der Waals surface area contributed by atoms with Gasteiger partial charge in [0.15, 0.2) is 5.13 Å². The predicted octanol–water partition coefficient (Wildman–Crippen LogP) is 4.56. The highest BCUT2D eigenvalue weighted by Gasteiger charge is 2.21. The Labute approximate surface area is 176 Å². The van der Waals surface area contributed by atoms with Crippen molar-refractivity contribution in [3.63, 3.8) is 0 Å². The van der Waals surface area contributed by atoms with E-state index in [9.17, 15) is 4.79 Å². The van der Waals surface area contributed by atoms with Gasteiger partial charge >= 0.3 is 0 Å². The first-order valence-electron chi connectivity index (χ1n) is 8.01. The van der Waals surface area contributed by atoms with E-state index in [2.05, 4.69) is 27.0 Å². The normalized spacial score (nSPS) is 10.5. The van der Waals surface area contributed by atoms with E-state index in [0.29, 0.717) is 22.8 Å². The van der Waals surface area contributed by atoms with Gasteiger partial charge in [-0.15, -0.1) is 12.4 Å². The van der Waals surface area contributed by atoms with Gasteiger partial charge in [-0.05, 0) is 56.6 Å². The fraction of sp³-hybridized carbons (Fsp3) is 0.211. The molecule has 0 saturated carbocycles. The molecule has 0 aliphatic carbocycles. The molecule has 140 valence electrons. The number of benzene rings is 2. The fourth-order valence-electron chi connectivity index (χ4n) is 2.43. The molecule has 8 heteroatoms. The van der Waals surface area contributed by atoms with Gasteiger partial charge in [0.25, 0.3) is 5.91 Å². The summed E-state index contributed by atoms with van der Waals surface area (Å²) in [5.41, 5.74) is 1.95. The molecule has 0 radical (unpaired) electrons. The molecule has 1 aromatic heterocycles. The maximum absolute atomic E-state index is 13.1. The van der Waals surface area contributed by atoms with Crippen LogP contribution in [0.15, 0.2) is 46.9 Å². The Kier molecular flexibility index (Phi) is 7.33. The molecule has 0 aliphatic heterocycles. The molecule has 0 N–H and O–H groups in total. The molecule has 5 nitrogen and oxygen atoms in total. The Morgan fingerprint density at radius 1 is 1.19 bits per heavy atom. The van der Waals surface area contributed by atoms with Gasteiger partial charge < -0.3 is 4.90 Å². The van der Waals surface area contributed by atoms with Gasteiger partial charge in [-0.25, -0.2) is 4.98 Å². The summed E-state index contributed by atoms with van der Waals surface area (Å²) in [7, 11) is 3.94. The van der Waals surface area contributed by atoms with Crippen molar-refractivity contribution >= 4 is 60.9 Å². The smallest absolute Gasteiger partial charge is 0.260 e. The van der Waals surface area contributed by atoms with Crippen LogP contribution in [0.3, 0.4) is 0 Å². The van der Waals surface area contributed by atoms with Gasteiger partial charge in [-0.3, -0.25) is 9.69 Å². The summed E-state index contributed by atoms with van der Waals surface area (Å²) in [5.74, 6) is -0.116. The van der Waals surface area contributed by atoms with Crippen molar-refractivity contribution in [1.29, 1.82) is 5.26 Å². The van der Waals surface area contributed by atoms with Gasteiger partial charge in [0.1, 0.15) is 0 Å². The Morgan fingerprint density at radius 3 is 2.52 bits per heavy atom. The summed E-state index contributed by atoms with van der Waals surface area (Å²) in [5, 5.41) is 9.61. The van der Waals surface area contributed by atoms with Crippen LogP contribution < -0.4 is 4.90 Å². The maximum Gasteiger partial charge on any atom is 0.260 e. The zero-order chi connectivity index (χ0) is 18.7.